The predicted octanol–water partition coefficient (Wildman–Crippen LogP) is 1.05. The van der Waals surface area contributed by atoms with Crippen LogP contribution in [0.15, 0.2) is 42.5 Å². The molecule has 1 N–H and O–H groups in total. The number of likely N-dealkylation sites (tertiary alicyclic amines) is 1. The zero-order valence-electron chi connectivity index (χ0n) is 11.3. The summed E-state index contributed by atoms with van der Waals surface area (Å²) in [7, 11) is 0. The van der Waals surface area contributed by atoms with Crippen LogP contribution in [-0.2, 0) is 20.9 Å². The summed E-state index contributed by atoms with van der Waals surface area (Å²) in [5.74, 6) is -2.42. The van der Waals surface area contributed by atoms with Crippen LogP contribution >= 0.6 is 0 Å². The molecule has 0 aromatic heterocycles. The van der Waals surface area contributed by atoms with E-state index in [1.165, 1.54) is 0 Å². The van der Waals surface area contributed by atoms with Gasteiger partial charge in [-0.1, -0.05) is 42.5 Å². The van der Waals surface area contributed by atoms with Gasteiger partial charge in [0.2, 0.25) is 5.91 Å². The predicted molar refractivity (Wildman–Crippen MR) is 73.2 cm³/mol. The van der Waals surface area contributed by atoms with Crippen LogP contribution < -0.4 is 0 Å². The normalized spacial score (nSPS) is 36.3. The Bertz CT molecular complexity index is 641. The summed E-state index contributed by atoms with van der Waals surface area (Å²) in [5.41, 5.74) is 0.298. The highest BCUT2D eigenvalue weighted by Gasteiger charge is 2.66. The van der Waals surface area contributed by atoms with Crippen molar-refractivity contribution in [1.82, 2.24) is 4.90 Å². The van der Waals surface area contributed by atoms with Crippen LogP contribution in [0.4, 0.5) is 0 Å². The molecular weight excluding hydrogens is 270 g/mol. The monoisotopic (exact) mass is 285 g/mol. The van der Waals surface area contributed by atoms with Gasteiger partial charge in [0.25, 0.3) is 0 Å². The molecule has 0 radical (unpaired) electrons. The number of hydrogen-bond donors (Lipinski definition) is 1. The first kappa shape index (κ1) is 12.6. The molecule has 0 aliphatic carbocycles. The second-order valence-corrected chi connectivity index (χ2v) is 5.92. The summed E-state index contributed by atoms with van der Waals surface area (Å²) >= 11 is 0. The third kappa shape index (κ3) is 1.67. The van der Waals surface area contributed by atoms with Crippen molar-refractivity contribution in [2.45, 2.75) is 18.2 Å². The van der Waals surface area contributed by atoms with Gasteiger partial charge >= 0.3 is 5.97 Å². The highest BCUT2D eigenvalue weighted by Crippen LogP contribution is 2.52. The fraction of sp³-hybridized carbons (Fsp3) is 0.375. The van der Waals surface area contributed by atoms with E-state index in [0.29, 0.717) is 13.1 Å². The van der Waals surface area contributed by atoms with Crippen molar-refractivity contribution in [3.8, 4) is 0 Å². The second kappa shape index (κ2) is 4.18. The van der Waals surface area contributed by atoms with Gasteiger partial charge in [-0.15, -0.1) is 0 Å². The molecule has 2 fully saturated rings. The lowest BCUT2D eigenvalue weighted by molar-refractivity contribution is -0.148. The first-order valence-corrected chi connectivity index (χ1v) is 7.03. The van der Waals surface area contributed by atoms with Crippen molar-refractivity contribution in [3.63, 3.8) is 0 Å². The number of nitrogens with zero attached hydrogens (tertiary/aromatic N) is 1. The van der Waals surface area contributed by atoms with E-state index in [1.54, 1.807) is 11.0 Å². The third-order valence-electron chi connectivity index (χ3n) is 4.68. The number of benzene rings is 1. The Morgan fingerprint density at radius 1 is 1.38 bits per heavy atom. The van der Waals surface area contributed by atoms with Gasteiger partial charge in [0.05, 0.1) is 18.6 Å². The zero-order valence-corrected chi connectivity index (χ0v) is 11.3. The second-order valence-electron chi connectivity index (χ2n) is 5.92. The summed E-state index contributed by atoms with van der Waals surface area (Å²) in [6.45, 7) is 0.925. The minimum atomic E-state index is -0.953. The molecule has 21 heavy (non-hydrogen) atoms. The van der Waals surface area contributed by atoms with E-state index >= 15 is 0 Å². The minimum Gasteiger partial charge on any atom is -0.481 e. The maximum atomic E-state index is 12.6. The van der Waals surface area contributed by atoms with Crippen LogP contribution in [0.2, 0.25) is 0 Å². The number of carbonyl (C=O) groups is 2. The van der Waals surface area contributed by atoms with E-state index in [4.69, 9.17) is 4.74 Å². The molecule has 3 aliphatic rings. The number of fused-ring (bicyclic) bond motifs is 1. The zero-order chi connectivity index (χ0) is 14.6. The SMILES string of the molecule is O=C(O)[C@@H]1[C@@H]2C=C[C@@]3(CN(Cc4ccccc4)C(=O)[C@@H]13)O2. The molecule has 4 rings (SSSR count). The number of carbonyl (C=O) groups excluding carboxylic acids is 1. The van der Waals surface area contributed by atoms with Gasteiger partial charge in [-0.3, -0.25) is 9.59 Å². The number of carboxylic acid groups (broad SMARTS) is 1. The van der Waals surface area contributed by atoms with Gasteiger partial charge < -0.3 is 14.7 Å². The van der Waals surface area contributed by atoms with Crippen LogP contribution in [0.25, 0.3) is 0 Å². The quantitative estimate of drug-likeness (QED) is 0.843. The van der Waals surface area contributed by atoms with Gasteiger partial charge in [-0.05, 0) is 5.56 Å². The molecule has 108 valence electrons. The molecule has 2 saturated heterocycles. The molecule has 0 unspecified atom stereocenters. The van der Waals surface area contributed by atoms with Crippen molar-refractivity contribution in [3.05, 3.63) is 48.0 Å². The first-order valence-electron chi connectivity index (χ1n) is 7.03. The molecular formula is C16H15NO4. The van der Waals surface area contributed by atoms with E-state index in [9.17, 15) is 14.7 Å². The highest BCUT2D eigenvalue weighted by atomic mass is 16.5. The van der Waals surface area contributed by atoms with Gasteiger partial charge in [-0.25, -0.2) is 0 Å². The topological polar surface area (TPSA) is 66.8 Å². The molecule has 0 saturated carbocycles. The molecule has 1 amide bonds. The average Bonchev–Trinajstić information content (AvgIpc) is 3.09. The van der Waals surface area contributed by atoms with E-state index in [2.05, 4.69) is 0 Å². The van der Waals surface area contributed by atoms with E-state index in [1.807, 2.05) is 36.4 Å². The average molecular weight is 285 g/mol. The molecule has 5 nitrogen and oxygen atoms in total. The van der Waals surface area contributed by atoms with Crippen molar-refractivity contribution in [2.24, 2.45) is 11.8 Å². The van der Waals surface area contributed by atoms with Crippen LogP contribution in [-0.4, -0.2) is 40.1 Å². The van der Waals surface area contributed by atoms with Crippen molar-refractivity contribution >= 4 is 11.9 Å². The van der Waals surface area contributed by atoms with Crippen molar-refractivity contribution in [1.29, 1.82) is 0 Å². The molecule has 3 heterocycles. The molecule has 3 aliphatic heterocycles. The lowest BCUT2D eigenvalue weighted by Gasteiger charge is -2.21. The molecule has 1 aromatic rings. The highest BCUT2D eigenvalue weighted by molar-refractivity contribution is 5.90. The Morgan fingerprint density at radius 2 is 2.14 bits per heavy atom. The Labute approximate surface area is 121 Å². The van der Waals surface area contributed by atoms with Gasteiger partial charge in [0, 0.05) is 6.54 Å². The Kier molecular flexibility index (Phi) is 2.50. The first-order chi connectivity index (χ1) is 10.1. The summed E-state index contributed by atoms with van der Waals surface area (Å²) in [6.07, 6.45) is 3.20. The fourth-order valence-electron chi connectivity index (χ4n) is 3.80. The fourth-order valence-corrected chi connectivity index (χ4v) is 3.80. The van der Waals surface area contributed by atoms with Crippen molar-refractivity contribution < 1.29 is 19.4 Å². The van der Waals surface area contributed by atoms with Crippen LogP contribution in [0.1, 0.15) is 5.56 Å². The maximum Gasteiger partial charge on any atom is 0.310 e. The van der Waals surface area contributed by atoms with E-state index in [0.717, 1.165) is 5.56 Å². The number of rotatable bonds is 3. The summed E-state index contributed by atoms with van der Waals surface area (Å²) in [4.78, 5) is 25.8. The van der Waals surface area contributed by atoms with Crippen LogP contribution in [0, 0.1) is 11.8 Å². The molecule has 1 aromatic carbocycles. The lowest BCUT2D eigenvalue weighted by atomic mass is 9.77. The smallest absolute Gasteiger partial charge is 0.310 e. The number of carboxylic acids is 1. The molecule has 1 spiro atoms. The Morgan fingerprint density at radius 3 is 2.86 bits per heavy atom. The lowest BCUT2D eigenvalue weighted by Crippen LogP contribution is -2.39. The Balaban J connectivity index is 1.63. The maximum absolute atomic E-state index is 12.6. The van der Waals surface area contributed by atoms with E-state index in [-0.39, 0.29) is 5.91 Å². The number of aliphatic carboxylic acids is 1. The van der Waals surface area contributed by atoms with Gasteiger partial charge in [-0.2, -0.15) is 0 Å². The minimum absolute atomic E-state index is 0.113. The van der Waals surface area contributed by atoms with Crippen LogP contribution in [0.3, 0.4) is 0 Å². The summed E-state index contributed by atoms with van der Waals surface area (Å²) in [6, 6.07) is 9.70. The standard InChI is InChI=1S/C16H15NO4/c18-14-13-12(15(19)20)11-6-7-16(13,21-11)9-17(14)8-10-4-2-1-3-5-10/h1-7,11-13H,8-9H2,(H,19,20)/t11-,12+,13+,16-/m0/s1. The molecule has 4 atom stereocenters. The summed E-state index contributed by atoms with van der Waals surface area (Å²) in [5, 5.41) is 9.39. The Hall–Kier alpha value is -2.14. The van der Waals surface area contributed by atoms with Crippen molar-refractivity contribution in [2.75, 3.05) is 6.54 Å². The van der Waals surface area contributed by atoms with Gasteiger partial charge in [0.15, 0.2) is 0 Å². The number of hydrogen-bond acceptors (Lipinski definition) is 3. The molecule has 5 heteroatoms. The third-order valence-corrected chi connectivity index (χ3v) is 4.68. The van der Waals surface area contributed by atoms with Gasteiger partial charge in [0.1, 0.15) is 11.5 Å². The van der Waals surface area contributed by atoms with E-state index < -0.39 is 29.5 Å². The molecule has 2 bridgehead atoms. The largest absolute Gasteiger partial charge is 0.481 e. The summed E-state index contributed by atoms with van der Waals surface area (Å²) < 4.78 is 5.84. The number of amides is 1. The van der Waals surface area contributed by atoms with Crippen LogP contribution in [0.5, 0.6) is 0 Å². The number of ether oxygens (including phenoxy) is 1.